The maximum Gasteiger partial charge on any atom is 0.419 e. The Morgan fingerprint density at radius 2 is 1.96 bits per heavy atom. The topological polar surface area (TPSA) is 81.8 Å². The second-order valence-electron chi connectivity index (χ2n) is 6.05. The van der Waals surface area contributed by atoms with Crippen molar-refractivity contribution >= 4 is 21.1 Å². The van der Waals surface area contributed by atoms with Crippen LogP contribution in [0.3, 0.4) is 0 Å². The number of benzene rings is 2. The SMILES string of the molecule is Cc1cccc(OCCN(C)S(=O)(=O)c2ccc3c(c2)oc(=O)n3C)c1. The first-order valence-corrected chi connectivity index (χ1v) is 9.48. The minimum atomic E-state index is -3.71. The average molecular weight is 376 g/mol. The van der Waals surface area contributed by atoms with E-state index >= 15 is 0 Å². The summed E-state index contributed by atoms with van der Waals surface area (Å²) in [4.78, 5) is 11.6. The minimum absolute atomic E-state index is 0.0670. The van der Waals surface area contributed by atoms with Crippen LogP contribution < -0.4 is 10.5 Å². The van der Waals surface area contributed by atoms with Gasteiger partial charge in [0, 0.05) is 26.7 Å². The summed E-state index contributed by atoms with van der Waals surface area (Å²) in [6.45, 7) is 2.37. The number of oxazole rings is 1. The fourth-order valence-electron chi connectivity index (χ4n) is 2.57. The smallest absolute Gasteiger partial charge is 0.419 e. The first-order chi connectivity index (χ1) is 12.3. The molecule has 0 saturated heterocycles. The van der Waals surface area contributed by atoms with E-state index in [2.05, 4.69) is 0 Å². The van der Waals surface area contributed by atoms with E-state index < -0.39 is 15.8 Å². The first kappa shape index (κ1) is 18.2. The number of hydrogen-bond donors (Lipinski definition) is 0. The van der Waals surface area contributed by atoms with Gasteiger partial charge < -0.3 is 9.15 Å². The predicted octanol–water partition coefficient (Wildman–Crippen LogP) is 2.14. The molecule has 0 aliphatic heterocycles. The van der Waals surface area contributed by atoms with Gasteiger partial charge in [-0.05, 0) is 36.8 Å². The molecule has 3 aromatic rings. The lowest BCUT2D eigenvalue weighted by atomic mass is 10.2. The number of sulfonamides is 1. The van der Waals surface area contributed by atoms with E-state index in [1.165, 1.54) is 28.1 Å². The highest BCUT2D eigenvalue weighted by molar-refractivity contribution is 7.89. The predicted molar refractivity (Wildman–Crippen MR) is 97.9 cm³/mol. The minimum Gasteiger partial charge on any atom is -0.492 e. The molecular weight excluding hydrogens is 356 g/mol. The van der Waals surface area contributed by atoms with Gasteiger partial charge in [0.25, 0.3) is 0 Å². The third-order valence-electron chi connectivity index (χ3n) is 4.14. The molecule has 26 heavy (non-hydrogen) atoms. The summed E-state index contributed by atoms with van der Waals surface area (Å²) in [6.07, 6.45) is 0. The quantitative estimate of drug-likeness (QED) is 0.658. The molecule has 0 spiro atoms. The Bertz CT molecular complexity index is 1100. The Balaban J connectivity index is 1.73. The number of rotatable bonds is 6. The molecule has 0 bridgehead atoms. The normalized spacial score (nSPS) is 12.0. The summed E-state index contributed by atoms with van der Waals surface area (Å²) in [5, 5.41) is 0. The molecule has 0 fully saturated rings. The van der Waals surface area contributed by atoms with Crippen LogP contribution in [0.15, 0.2) is 56.6 Å². The molecule has 1 aromatic heterocycles. The molecule has 8 heteroatoms. The lowest BCUT2D eigenvalue weighted by Gasteiger charge is -2.17. The van der Waals surface area contributed by atoms with Crippen molar-refractivity contribution in [3.63, 3.8) is 0 Å². The highest BCUT2D eigenvalue weighted by Crippen LogP contribution is 2.20. The van der Waals surface area contributed by atoms with Crippen LogP contribution in [0, 0.1) is 6.92 Å². The zero-order valence-electron chi connectivity index (χ0n) is 14.8. The molecule has 0 radical (unpaired) electrons. The highest BCUT2D eigenvalue weighted by atomic mass is 32.2. The van der Waals surface area contributed by atoms with Crippen molar-refractivity contribution in [1.82, 2.24) is 8.87 Å². The second kappa shape index (κ2) is 6.97. The molecule has 0 saturated carbocycles. The van der Waals surface area contributed by atoms with Gasteiger partial charge in [-0.3, -0.25) is 4.57 Å². The van der Waals surface area contributed by atoms with E-state index in [0.717, 1.165) is 5.56 Å². The van der Waals surface area contributed by atoms with E-state index in [9.17, 15) is 13.2 Å². The van der Waals surface area contributed by atoms with Gasteiger partial charge in [-0.1, -0.05) is 12.1 Å². The van der Waals surface area contributed by atoms with Crippen molar-refractivity contribution in [2.24, 2.45) is 7.05 Å². The van der Waals surface area contributed by atoms with Gasteiger partial charge in [0.1, 0.15) is 12.4 Å². The summed E-state index contributed by atoms with van der Waals surface area (Å²) in [5.41, 5.74) is 1.85. The summed E-state index contributed by atoms with van der Waals surface area (Å²) >= 11 is 0. The van der Waals surface area contributed by atoms with Crippen LogP contribution >= 0.6 is 0 Å². The van der Waals surface area contributed by atoms with Crippen molar-refractivity contribution in [3.8, 4) is 5.75 Å². The number of nitrogens with zero attached hydrogens (tertiary/aromatic N) is 2. The van der Waals surface area contributed by atoms with Gasteiger partial charge >= 0.3 is 5.76 Å². The number of aryl methyl sites for hydroxylation is 2. The fourth-order valence-corrected chi connectivity index (χ4v) is 3.74. The molecule has 0 atom stereocenters. The van der Waals surface area contributed by atoms with Gasteiger partial charge in [0.15, 0.2) is 5.58 Å². The standard InChI is InChI=1S/C18H20N2O5S/c1-13-5-4-6-14(11-13)24-10-9-19(2)26(22,23)15-7-8-16-17(12-15)25-18(21)20(16)3/h4-8,11-12H,9-10H2,1-3H3. The number of aromatic nitrogens is 1. The van der Waals surface area contributed by atoms with Gasteiger partial charge in [-0.15, -0.1) is 0 Å². The molecule has 138 valence electrons. The summed E-state index contributed by atoms with van der Waals surface area (Å²) < 4.78 is 38.6. The van der Waals surface area contributed by atoms with Crippen LogP contribution in [0.5, 0.6) is 5.75 Å². The van der Waals surface area contributed by atoms with Crippen LogP contribution in [-0.4, -0.2) is 37.5 Å². The largest absolute Gasteiger partial charge is 0.492 e. The van der Waals surface area contributed by atoms with E-state index in [1.54, 1.807) is 13.1 Å². The number of likely N-dealkylation sites (N-methyl/N-ethyl adjacent to an activating group) is 1. The Morgan fingerprint density at radius 3 is 2.69 bits per heavy atom. The molecule has 7 nitrogen and oxygen atoms in total. The Kier molecular flexibility index (Phi) is 4.88. The lowest BCUT2D eigenvalue weighted by Crippen LogP contribution is -2.31. The van der Waals surface area contributed by atoms with Crippen LogP contribution in [0.2, 0.25) is 0 Å². The summed E-state index contributed by atoms with van der Waals surface area (Å²) in [6, 6.07) is 11.9. The van der Waals surface area contributed by atoms with Crippen LogP contribution in [0.4, 0.5) is 0 Å². The van der Waals surface area contributed by atoms with Crippen molar-refractivity contribution in [2.75, 3.05) is 20.2 Å². The van der Waals surface area contributed by atoms with Crippen molar-refractivity contribution in [3.05, 3.63) is 58.6 Å². The van der Waals surface area contributed by atoms with Gasteiger partial charge in [-0.2, -0.15) is 4.31 Å². The van der Waals surface area contributed by atoms with Gasteiger partial charge in [0.05, 0.1) is 10.4 Å². The van der Waals surface area contributed by atoms with Crippen molar-refractivity contribution in [1.29, 1.82) is 0 Å². The molecule has 0 aliphatic rings. The van der Waals surface area contributed by atoms with E-state index in [4.69, 9.17) is 9.15 Å². The monoisotopic (exact) mass is 376 g/mol. The molecule has 3 rings (SSSR count). The summed E-state index contributed by atoms with van der Waals surface area (Å²) in [5.74, 6) is 0.165. The molecule has 0 unspecified atom stereocenters. The van der Waals surface area contributed by atoms with Crippen molar-refractivity contribution < 1.29 is 17.6 Å². The molecule has 2 aromatic carbocycles. The molecular formula is C18H20N2O5S. The first-order valence-electron chi connectivity index (χ1n) is 8.04. The Labute approximate surface area is 151 Å². The Hall–Kier alpha value is -2.58. The maximum atomic E-state index is 12.7. The van der Waals surface area contributed by atoms with Gasteiger partial charge in [-0.25, -0.2) is 13.2 Å². The van der Waals surface area contributed by atoms with E-state index in [-0.39, 0.29) is 23.6 Å². The molecule has 0 amide bonds. The molecule has 1 heterocycles. The van der Waals surface area contributed by atoms with E-state index in [0.29, 0.717) is 11.3 Å². The third kappa shape index (κ3) is 3.51. The third-order valence-corrected chi connectivity index (χ3v) is 5.99. The summed E-state index contributed by atoms with van der Waals surface area (Å²) in [7, 11) is -0.662. The van der Waals surface area contributed by atoms with E-state index in [1.807, 2.05) is 31.2 Å². The Morgan fingerprint density at radius 1 is 1.19 bits per heavy atom. The number of fused-ring (bicyclic) bond motifs is 1. The maximum absolute atomic E-state index is 12.7. The number of ether oxygens (including phenoxy) is 1. The van der Waals surface area contributed by atoms with Crippen LogP contribution in [0.25, 0.3) is 11.1 Å². The molecule has 0 aliphatic carbocycles. The van der Waals surface area contributed by atoms with Crippen LogP contribution in [0.1, 0.15) is 5.56 Å². The second-order valence-corrected chi connectivity index (χ2v) is 8.09. The van der Waals surface area contributed by atoms with Gasteiger partial charge in [0.2, 0.25) is 10.0 Å². The fraction of sp³-hybridized carbons (Fsp3) is 0.278. The van der Waals surface area contributed by atoms with Crippen LogP contribution in [-0.2, 0) is 17.1 Å². The zero-order valence-corrected chi connectivity index (χ0v) is 15.6. The average Bonchev–Trinajstić information content (AvgIpc) is 2.88. The lowest BCUT2D eigenvalue weighted by molar-refractivity contribution is 0.286. The number of hydrogen-bond acceptors (Lipinski definition) is 5. The highest BCUT2D eigenvalue weighted by Gasteiger charge is 2.22. The molecule has 0 N–H and O–H groups in total. The zero-order chi connectivity index (χ0) is 18.9. The van der Waals surface area contributed by atoms with Crippen molar-refractivity contribution in [2.45, 2.75) is 11.8 Å².